The number of aromatic nitrogens is 4. The van der Waals surface area contributed by atoms with Crippen molar-refractivity contribution < 1.29 is 5.11 Å². The Morgan fingerprint density at radius 1 is 1.14 bits per heavy atom. The van der Waals surface area contributed by atoms with Crippen molar-refractivity contribution in [1.29, 1.82) is 0 Å². The van der Waals surface area contributed by atoms with E-state index >= 15 is 0 Å². The van der Waals surface area contributed by atoms with Gasteiger partial charge in [0.1, 0.15) is 5.75 Å². The fourth-order valence-corrected chi connectivity index (χ4v) is 1.95. The van der Waals surface area contributed by atoms with Crippen LogP contribution in [0.3, 0.4) is 0 Å². The zero-order chi connectivity index (χ0) is 14.7. The van der Waals surface area contributed by atoms with Gasteiger partial charge in [-0.2, -0.15) is 14.9 Å². The smallest absolute Gasteiger partial charge is 0.216 e. The summed E-state index contributed by atoms with van der Waals surface area (Å²) in [7, 11) is 0. The van der Waals surface area contributed by atoms with Gasteiger partial charge in [-0.3, -0.25) is 4.98 Å². The van der Waals surface area contributed by atoms with Crippen molar-refractivity contribution in [2.24, 2.45) is 5.10 Å². The number of hydrogen-bond donors (Lipinski definition) is 2. The molecule has 21 heavy (non-hydrogen) atoms. The van der Waals surface area contributed by atoms with Crippen molar-refractivity contribution in [2.45, 2.75) is 0 Å². The Labute approximate surface area is 125 Å². The lowest BCUT2D eigenvalue weighted by atomic mass is 10.2. The number of hydrogen-bond acceptors (Lipinski definition) is 5. The van der Waals surface area contributed by atoms with Crippen LogP contribution in [0.2, 0.25) is 0 Å². The molecule has 0 radical (unpaired) electrons. The van der Waals surface area contributed by atoms with Crippen LogP contribution in [-0.4, -0.2) is 31.2 Å². The van der Waals surface area contributed by atoms with Crippen molar-refractivity contribution in [3.63, 3.8) is 0 Å². The standard InChI is InChI=1S/C14H11N5OS/c20-12-3-1-10(2-4-12)9-16-19-13(17-18-14(19)21)11-5-7-15-8-6-11/h1-9,20H,(H,18,21)/b16-9-. The Morgan fingerprint density at radius 2 is 1.86 bits per heavy atom. The minimum atomic E-state index is 0.213. The topological polar surface area (TPSA) is 79.1 Å². The summed E-state index contributed by atoms with van der Waals surface area (Å²) in [4.78, 5) is 3.97. The van der Waals surface area contributed by atoms with E-state index in [1.807, 2.05) is 12.1 Å². The van der Waals surface area contributed by atoms with Crippen molar-refractivity contribution >= 4 is 18.4 Å². The highest BCUT2D eigenvalue weighted by Crippen LogP contribution is 2.15. The Morgan fingerprint density at radius 3 is 2.57 bits per heavy atom. The van der Waals surface area contributed by atoms with Crippen molar-refractivity contribution in [3.8, 4) is 17.1 Å². The first-order valence-corrected chi connectivity index (χ1v) is 6.56. The van der Waals surface area contributed by atoms with E-state index in [1.54, 1.807) is 42.9 Å². The molecule has 0 aliphatic rings. The molecule has 2 heterocycles. The number of aromatic amines is 1. The third kappa shape index (κ3) is 2.87. The van der Waals surface area contributed by atoms with Gasteiger partial charge in [0.25, 0.3) is 0 Å². The van der Waals surface area contributed by atoms with Crippen molar-refractivity contribution in [3.05, 3.63) is 59.1 Å². The Balaban J connectivity index is 1.98. The van der Waals surface area contributed by atoms with Crippen LogP contribution in [0.1, 0.15) is 5.56 Å². The van der Waals surface area contributed by atoms with Gasteiger partial charge in [0.05, 0.1) is 6.21 Å². The summed E-state index contributed by atoms with van der Waals surface area (Å²) in [6.07, 6.45) is 5.01. The van der Waals surface area contributed by atoms with E-state index in [9.17, 15) is 5.11 Å². The lowest BCUT2D eigenvalue weighted by molar-refractivity contribution is 0.475. The molecule has 1 aromatic carbocycles. The first kappa shape index (κ1) is 13.2. The Hall–Kier alpha value is -2.80. The molecule has 0 atom stereocenters. The third-order valence-corrected chi connectivity index (χ3v) is 3.07. The molecule has 104 valence electrons. The van der Waals surface area contributed by atoms with E-state index in [-0.39, 0.29) is 5.75 Å². The molecular formula is C14H11N5OS. The monoisotopic (exact) mass is 297 g/mol. The maximum Gasteiger partial charge on any atom is 0.216 e. The van der Waals surface area contributed by atoms with Gasteiger partial charge in [-0.15, -0.1) is 0 Å². The highest BCUT2D eigenvalue weighted by Gasteiger charge is 2.07. The van der Waals surface area contributed by atoms with E-state index in [2.05, 4.69) is 20.3 Å². The zero-order valence-corrected chi connectivity index (χ0v) is 11.7. The molecule has 0 unspecified atom stereocenters. The largest absolute Gasteiger partial charge is 0.508 e. The normalized spacial score (nSPS) is 11.0. The number of pyridine rings is 1. The van der Waals surface area contributed by atoms with Gasteiger partial charge in [0.15, 0.2) is 5.82 Å². The fourth-order valence-electron chi connectivity index (χ4n) is 1.77. The van der Waals surface area contributed by atoms with Gasteiger partial charge in [-0.1, -0.05) is 0 Å². The van der Waals surface area contributed by atoms with Crippen LogP contribution in [0.15, 0.2) is 53.9 Å². The average Bonchev–Trinajstić information content (AvgIpc) is 2.89. The van der Waals surface area contributed by atoms with Gasteiger partial charge in [-0.05, 0) is 54.2 Å². The molecule has 0 aliphatic carbocycles. The summed E-state index contributed by atoms with van der Waals surface area (Å²) in [5.74, 6) is 0.821. The Bertz CT molecular complexity index is 821. The van der Waals surface area contributed by atoms with Crippen LogP contribution in [0.25, 0.3) is 11.4 Å². The quantitative estimate of drug-likeness (QED) is 0.575. The molecule has 7 heteroatoms. The summed E-state index contributed by atoms with van der Waals surface area (Å²) >= 11 is 5.18. The summed E-state index contributed by atoms with van der Waals surface area (Å²) < 4.78 is 1.94. The number of nitrogens with zero attached hydrogens (tertiary/aromatic N) is 4. The molecule has 0 spiro atoms. The maximum atomic E-state index is 9.26. The van der Waals surface area contributed by atoms with Crippen molar-refractivity contribution in [2.75, 3.05) is 0 Å². The number of aromatic hydroxyl groups is 1. The van der Waals surface area contributed by atoms with Crippen molar-refractivity contribution in [1.82, 2.24) is 19.9 Å². The second-order valence-corrected chi connectivity index (χ2v) is 4.62. The number of phenols is 1. The van der Waals surface area contributed by atoms with E-state index in [0.717, 1.165) is 11.1 Å². The number of H-pyrrole nitrogens is 1. The molecule has 0 bridgehead atoms. The fraction of sp³-hybridized carbons (Fsp3) is 0. The van der Waals surface area contributed by atoms with E-state index in [4.69, 9.17) is 12.2 Å². The minimum Gasteiger partial charge on any atom is -0.508 e. The molecular weight excluding hydrogens is 286 g/mol. The molecule has 0 saturated heterocycles. The van der Waals surface area contributed by atoms with Crippen LogP contribution in [0.5, 0.6) is 5.75 Å². The van der Waals surface area contributed by atoms with E-state index in [1.165, 1.54) is 4.68 Å². The molecule has 0 amide bonds. The summed E-state index contributed by atoms with van der Waals surface area (Å²) in [5.41, 5.74) is 1.71. The van der Waals surface area contributed by atoms with Gasteiger partial charge < -0.3 is 5.11 Å². The predicted molar refractivity (Wildman–Crippen MR) is 81.7 cm³/mol. The maximum absolute atomic E-state index is 9.26. The van der Waals surface area contributed by atoms with Crippen LogP contribution in [0.4, 0.5) is 0 Å². The highest BCUT2D eigenvalue weighted by molar-refractivity contribution is 7.71. The summed E-state index contributed by atoms with van der Waals surface area (Å²) in [5, 5.41) is 20.5. The lowest BCUT2D eigenvalue weighted by Crippen LogP contribution is -1.95. The number of phenolic OH excluding ortho intramolecular Hbond substituents is 1. The van der Waals surface area contributed by atoms with Gasteiger partial charge >= 0.3 is 0 Å². The number of benzene rings is 1. The first-order chi connectivity index (χ1) is 10.2. The van der Waals surface area contributed by atoms with Crippen LogP contribution < -0.4 is 0 Å². The lowest BCUT2D eigenvalue weighted by Gasteiger charge is -2.00. The van der Waals surface area contributed by atoms with Gasteiger partial charge in [0, 0.05) is 18.0 Å². The van der Waals surface area contributed by atoms with Crippen LogP contribution >= 0.6 is 12.2 Å². The number of nitrogens with one attached hydrogen (secondary N) is 1. The Kier molecular flexibility index (Phi) is 3.57. The third-order valence-electron chi connectivity index (χ3n) is 2.80. The van der Waals surface area contributed by atoms with E-state index in [0.29, 0.717) is 10.6 Å². The molecule has 2 aromatic heterocycles. The minimum absolute atomic E-state index is 0.213. The van der Waals surface area contributed by atoms with Crippen LogP contribution in [0, 0.1) is 4.77 Å². The molecule has 0 fully saturated rings. The highest BCUT2D eigenvalue weighted by atomic mass is 32.1. The van der Waals surface area contributed by atoms with Crippen LogP contribution in [-0.2, 0) is 0 Å². The molecule has 0 aliphatic heterocycles. The summed E-state index contributed by atoms with van der Waals surface area (Å²) in [6.45, 7) is 0. The molecule has 3 rings (SSSR count). The van der Waals surface area contributed by atoms with E-state index < -0.39 is 0 Å². The molecule has 2 N–H and O–H groups in total. The summed E-state index contributed by atoms with van der Waals surface area (Å²) in [6, 6.07) is 10.4. The molecule has 0 saturated carbocycles. The first-order valence-electron chi connectivity index (χ1n) is 6.15. The van der Waals surface area contributed by atoms with Gasteiger partial charge in [0.2, 0.25) is 4.77 Å². The SMILES string of the molecule is Oc1ccc(/C=N\n2c(-c3ccncc3)n[nH]c2=S)cc1. The van der Waals surface area contributed by atoms with Gasteiger partial charge in [-0.25, -0.2) is 5.10 Å². The number of rotatable bonds is 3. The molecule has 6 nitrogen and oxygen atoms in total. The average molecular weight is 297 g/mol. The zero-order valence-electron chi connectivity index (χ0n) is 10.8. The second kappa shape index (κ2) is 5.68. The molecule has 3 aromatic rings. The predicted octanol–water partition coefficient (Wildman–Crippen LogP) is 2.59. The second-order valence-electron chi connectivity index (χ2n) is 4.24.